The summed E-state index contributed by atoms with van der Waals surface area (Å²) in [5.41, 5.74) is 11.9. The molecule has 0 atom stereocenters. The standard InChI is InChI=1S/C11H11ClN6/c12-10-5-9(18-4-3-15-7-18)2-1-8(10)6-16-17-11(13)14/h1-7H,(H4,13,14,17). The summed E-state index contributed by atoms with van der Waals surface area (Å²) in [6.45, 7) is 0. The van der Waals surface area contributed by atoms with Crippen LogP contribution in [0.2, 0.25) is 5.02 Å². The van der Waals surface area contributed by atoms with Gasteiger partial charge in [-0.25, -0.2) is 4.98 Å². The van der Waals surface area contributed by atoms with E-state index in [4.69, 9.17) is 23.1 Å². The average molecular weight is 263 g/mol. The summed E-state index contributed by atoms with van der Waals surface area (Å²) in [5.74, 6) is -0.0996. The fourth-order valence-electron chi connectivity index (χ4n) is 1.35. The number of halogens is 1. The van der Waals surface area contributed by atoms with E-state index in [2.05, 4.69) is 15.2 Å². The first-order valence-electron chi connectivity index (χ1n) is 5.06. The second-order valence-corrected chi connectivity index (χ2v) is 3.85. The fraction of sp³-hybridized carbons (Fsp3) is 0. The Morgan fingerprint density at radius 2 is 2.22 bits per heavy atom. The largest absolute Gasteiger partial charge is 0.369 e. The van der Waals surface area contributed by atoms with Crippen LogP contribution >= 0.6 is 11.6 Å². The first kappa shape index (κ1) is 12.1. The lowest BCUT2D eigenvalue weighted by atomic mass is 10.2. The van der Waals surface area contributed by atoms with Gasteiger partial charge in [-0.05, 0) is 18.2 Å². The Balaban J connectivity index is 2.26. The van der Waals surface area contributed by atoms with Gasteiger partial charge in [-0.2, -0.15) is 5.10 Å². The van der Waals surface area contributed by atoms with E-state index in [1.807, 2.05) is 22.9 Å². The Labute approximate surface area is 109 Å². The third kappa shape index (κ3) is 2.86. The number of hydrogen-bond acceptors (Lipinski definition) is 3. The second kappa shape index (κ2) is 5.33. The van der Waals surface area contributed by atoms with Crippen LogP contribution in [0.1, 0.15) is 5.56 Å². The van der Waals surface area contributed by atoms with Crippen LogP contribution in [0.15, 0.2) is 47.1 Å². The first-order chi connectivity index (χ1) is 8.66. The Bertz CT molecular complexity index is 584. The zero-order chi connectivity index (χ0) is 13.0. The smallest absolute Gasteiger partial charge is 0.211 e. The maximum absolute atomic E-state index is 6.13. The van der Waals surface area contributed by atoms with Crippen molar-refractivity contribution in [3.63, 3.8) is 0 Å². The molecule has 0 fully saturated rings. The molecular weight excluding hydrogens is 252 g/mol. The Kier molecular flexibility index (Phi) is 3.59. The number of aromatic nitrogens is 2. The van der Waals surface area contributed by atoms with Crippen LogP contribution in [0, 0.1) is 0 Å². The number of rotatable bonds is 3. The van der Waals surface area contributed by atoms with Crippen molar-refractivity contribution in [2.24, 2.45) is 21.7 Å². The molecule has 0 saturated carbocycles. The third-order valence-electron chi connectivity index (χ3n) is 2.16. The predicted molar refractivity (Wildman–Crippen MR) is 72.0 cm³/mol. The number of guanidine groups is 1. The second-order valence-electron chi connectivity index (χ2n) is 3.45. The van der Waals surface area contributed by atoms with E-state index in [0.717, 1.165) is 11.3 Å². The lowest BCUT2D eigenvalue weighted by Gasteiger charge is -2.04. The van der Waals surface area contributed by atoms with Crippen molar-refractivity contribution in [3.8, 4) is 5.69 Å². The molecule has 6 nitrogen and oxygen atoms in total. The lowest BCUT2D eigenvalue weighted by molar-refractivity contribution is 1.06. The average Bonchev–Trinajstić information content (AvgIpc) is 2.84. The monoisotopic (exact) mass is 262 g/mol. The molecule has 4 N–H and O–H groups in total. The van der Waals surface area contributed by atoms with Gasteiger partial charge in [0.1, 0.15) is 0 Å². The van der Waals surface area contributed by atoms with Gasteiger partial charge >= 0.3 is 0 Å². The highest BCUT2D eigenvalue weighted by molar-refractivity contribution is 6.33. The number of benzene rings is 1. The van der Waals surface area contributed by atoms with Crippen molar-refractivity contribution in [2.45, 2.75) is 0 Å². The van der Waals surface area contributed by atoms with Crippen LogP contribution in [0.3, 0.4) is 0 Å². The van der Waals surface area contributed by atoms with Crippen molar-refractivity contribution < 1.29 is 0 Å². The van der Waals surface area contributed by atoms with Crippen molar-refractivity contribution in [1.82, 2.24) is 9.55 Å². The van der Waals surface area contributed by atoms with Gasteiger partial charge in [-0.15, -0.1) is 5.10 Å². The zero-order valence-electron chi connectivity index (χ0n) is 9.36. The minimum atomic E-state index is -0.0996. The first-order valence-corrected chi connectivity index (χ1v) is 5.44. The Morgan fingerprint density at radius 1 is 1.39 bits per heavy atom. The normalized spacial score (nSPS) is 10.7. The van der Waals surface area contributed by atoms with E-state index >= 15 is 0 Å². The molecule has 0 saturated heterocycles. The molecule has 2 aromatic rings. The maximum Gasteiger partial charge on any atom is 0.211 e. The molecule has 0 amide bonds. The van der Waals surface area contributed by atoms with E-state index in [-0.39, 0.29) is 5.96 Å². The van der Waals surface area contributed by atoms with Gasteiger partial charge in [0.05, 0.1) is 17.6 Å². The summed E-state index contributed by atoms with van der Waals surface area (Å²) in [7, 11) is 0. The summed E-state index contributed by atoms with van der Waals surface area (Å²) < 4.78 is 1.85. The van der Waals surface area contributed by atoms with Crippen LogP contribution in [-0.2, 0) is 0 Å². The summed E-state index contributed by atoms with van der Waals surface area (Å²) in [5, 5.41) is 7.76. The third-order valence-corrected chi connectivity index (χ3v) is 2.48. The molecule has 0 bridgehead atoms. The zero-order valence-corrected chi connectivity index (χ0v) is 10.1. The minimum absolute atomic E-state index is 0.0996. The molecule has 92 valence electrons. The lowest BCUT2D eigenvalue weighted by Crippen LogP contribution is -2.21. The van der Waals surface area contributed by atoms with Gasteiger partial charge in [-0.1, -0.05) is 11.6 Å². The molecule has 0 spiro atoms. The van der Waals surface area contributed by atoms with Crippen LogP contribution in [0.4, 0.5) is 0 Å². The Hall–Kier alpha value is -2.34. The molecule has 0 unspecified atom stereocenters. The molecule has 7 heteroatoms. The van der Waals surface area contributed by atoms with Gasteiger partial charge in [0, 0.05) is 23.6 Å². The number of nitrogens with zero attached hydrogens (tertiary/aromatic N) is 4. The van der Waals surface area contributed by atoms with Gasteiger partial charge in [-0.3, -0.25) is 0 Å². The van der Waals surface area contributed by atoms with Crippen molar-refractivity contribution in [2.75, 3.05) is 0 Å². The van der Waals surface area contributed by atoms with Crippen molar-refractivity contribution >= 4 is 23.8 Å². The van der Waals surface area contributed by atoms with Gasteiger partial charge < -0.3 is 16.0 Å². The number of nitrogens with two attached hydrogens (primary N) is 2. The predicted octanol–water partition coefficient (Wildman–Crippen LogP) is 1.13. The van der Waals surface area contributed by atoms with Gasteiger partial charge in [0.2, 0.25) is 5.96 Å². The number of hydrogen-bond donors (Lipinski definition) is 2. The fourth-order valence-corrected chi connectivity index (χ4v) is 1.57. The van der Waals surface area contributed by atoms with E-state index in [9.17, 15) is 0 Å². The van der Waals surface area contributed by atoms with Crippen LogP contribution < -0.4 is 11.5 Å². The minimum Gasteiger partial charge on any atom is -0.369 e. The summed E-state index contributed by atoms with van der Waals surface area (Å²) in [6.07, 6.45) is 6.71. The van der Waals surface area contributed by atoms with E-state index in [0.29, 0.717) is 5.02 Å². The number of imidazole rings is 1. The summed E-state index contributed by atoms with van der Waals surface area (Å²) in [4.78, 5) is 3.97. The van der Waals surface area contributed by atoms with Crippen LogP contribution in [0.5, 0.6) is 0 Å². The van der Waals surface area contributed by atoms with Gasteiger partial charge in [0.25, 0.3) is 0 Å². The van der Waals surface area contributed by atoms with Gasteiger partial charge in [0.15, 0.2) is 0 Å². The van der Waals surface area contributed by atoms with Crippen LogP contribution in [-0.4, -0.2) is 21.7 Å². The van der Waals surface area contributed by atoms with E-state index < -0.39 is 0 Å². The highest BCUT2D eigenvalue weighted by atomic mass is 35.5. The van der Waals surface area contributed by atoms with Crippen molar-refractivity contribution in [3.05, 3.63) is 47.5 Å². The molecular formula is C11H11ClN6. The summed E-state index contributed by atoms with van der Waals surface area (Å²) in [6, 6.07) is 5.52. The molecule has 1 heterocycles. The molecule has 0 aliphatic rings. The van der Waals surface area contributed by atoms with E-state index in [1.54, 1.807) is 18.6 Å². The topological polar surface area (TPSA) is 94.6 Å². The summed E-state index contributed by atoms with van der Waals surface area (Å²) >= 11 is 6.13. The quantitative estimate of drug-likeness (QED) is 0.493. The highest BCUT2D eigenvalue weighted by Crippen LogP contribution is 2.18. The molecule has 0 aliphatic carbocycles. The van der Waals surface area contributed by atoms with E-state index in [1.165, 1.54) is 6.21 Å². The van der Waals surface area contributed by atoms with Crippen LogP contribution in [0.25, 0.3) is 5.69 Å². The molecule has 1 aromatic carbocycles. The highest BCUT2D eigenvalue weighted by Gasteiger charge is 2.01. The maximum atomic E-state index is 6.13. The molecule has 18 heavy (non-hydrogen) atoms. The molecule has 2 rings (SSSR count). The molecule has 0 aliphatic heterocycles. The molecule has 0 radical (unpaired) electrons. The Morgan fingerprint density at radius 3 is 2.83 bits per heavy atom. The molecule has 1 aromatic heterocycles. The SMILES string of the molecule is NC(N)=NN=Cc1ccc(-n2ccnc2)cc1Cl. The van der Waals surface area contributed by atoms with Crippen molar-refractivity contribution in [1.29, 1.82) is 0 Å².